The largest absolute Gasteiger partial charge is 0.480 e. The minimum atomic E-state index is -1.17. The minimum Gasteiger partial charge on any atom is -0.480 e. The van der Waals surface area contributed by atoms with Crippen molar-refractivity contribution in [1.82, 2.24) is 9.80 Å². The second kappa shape index (κ2) is 10.9. The molecule has 3 atom stereocenters. The van der Waals surface area contributed by atoms with Crippen molar-refractivity contribution in [2.24, 2.45) is 0 Å². The Kier molecular flexibility index (Phi) is 6.78. The lowest BCUT2D eigenvalue weighted by Gasteiger charge is -2.47. The number of benzene rings is 4. The average molecular weight is 570 g/mol. The predicted octanol–water partition coefficient (Wildman–Crippen LogP) is 6.39. The molecule has 2 bridgehead atoms. The van der Waals surface area contributed by atoms with E-state index in [1.165, 1.54) is 4.90 Å². The summed E-state index contributed by atoms with van der Waals surface area (Å²) >= 11 is 0. The summed E-state index contributed by atoms with van der Waals surface area (Å²) in [6, 6.07) is 32.0. The zero-order valence-corrected chi connectivity index (χ0v) is 23.5. The van der Waals surface area contributed by atoms with Gasteiger partial charge in [0.25, 0.3) is 0 Å². The summed E-state index contributed by atoms with van der Waals surface area (Å²) in [6.45, 7) is 0.156. The van der Waals surface area contributed by atoms with E-state index >= 15 is 0 Å². The number of carbonyl (C=O) groups is 3. The fraction of sp³-hybridized carbons (Fsp3) is 0.194. The molecule has 0 spiro atoms. The summed E-state index contributed by atoms with van der Waals surface area (Å²) in [5, 5.41) is 10.6. The van der Waals surface area contributed by atoms with Gasteiger partial charge in [0.05, 0.1) is 29.4 Å². The quantitative estimate of drug-likeness (QED) is 0.309. The van der Waals surface area contributed by atoms with Gasteiger partial charge in [0, 0.05) is 6.54 Å². The highest BCUT2D eigenvalue weighted by Crippen LogP contribution is 2.42. The van der Waals surface area contributed by atoms with Crippen molar-refractivity contribution in [1.29, 1.82) is 0 Å². The third-order valence-corrected chi connectivity index (χ3v) is 8.91. The molecule has 0 saturated carbocycles. The van der Waals surface area contributed by atoms with Crippen molar-refractivity contribution in [3.05, 3.63) is 131 Å². The molecule has 4 aromatic carbocycles. The van der Waals surface area contributed by atoms with Crippen molar-refractivity contribution in [3.8, 4) is 0 Å². The number of anilines is 2. The van der Waals surface area contributed by atoms with E-state index in [9.17, 15) is 19.5 Å². The molecule has 0 radical (unpaired) electrons. The van der Waals surface area contributed by atoms with Crippen LogP contribution >= 0.6 is 0 Å². The van der Waals surface area contributed by atoms with E-state index in [-0.39, 0.29) is 24.5 Å². The summed E-state index contributed by atoms with van der Waals surface area (Å²) in [6.07, 6.45) is 5.13. The van der Waals surface area contributed by atoms with Gasteiger partial charge in [-0.3, -0.25) is 9.69 Å². The summed E-state index contributed by atoms with van der Waals surface area (Å²) in [5.41, 5.74) is 4.89. The molecule has 3 aliphatic heterocycles. The molecule has 3 amide bonds. The predicted molar refractivity (Wildman–Crippen MR) is 166 cm³/mol. The van der Waals surface area contributed by atoms with Crippen LogP contribution in [0.1, 0.15) is 41.0 Å². The molecule has 7 heteroatoms. The molecule has 4 aromatic rings. The number of carboxylic acids is 1. The lowest BCUT2D eigenvalue weighted by Crippen LogP contribution is -2.66. The van der Waals surface area contributed by atoms with Crippen LogP contribution in [0, 0.1) is 0 Å². The van der Waals surface area contributed by atoms with Crippen molar-refractivity contribution in [2.45, 2.75) is 36.9 Å². The average Bonchev–Trinajstić information content (AvgIpc) is 3.23. The maximum Gasteiger partial charge on any atom is 0.329 e. The third kappa shape index (κ3) is 4.57. The molecular weight excluding hydrogens is 538 g/mol. The first kappa shape index (κ1) is 26.7. The van der Waals surface area contributed by atoms with E-state index in [4.69, 9.17) is 0 Å². The summed E-state index contributed by atoms with van der Waals surface area (Å²) in [4.78, 5) is 47.0. The molecule has 2 fully saturated rings. The SMILES string of the molecule is O=C(O)[C@@H]1[C@H]2CC[C@@H](CN1C(=O)C(c1ccccc1)c1ccccc1)N2C(=O)N1c2ccccc2C=Cc2ccccc21. The number of likely N-dealkylation sites (tertiary alicyclic amines) is 1. The molecule has 2 saturated heterocycles. The van der Waals surface area contributed by atoms with Crippen molar-refractivity contribution >= 4 is 41.4 Å². The number of amides is 3. The third-order valence-electron chi connectivity index (χ3n) is 8.91. The van der Waals surface area contributed by atoms with Crippen LogP contribution in [-0.2, 0) is 9.59 Å². The molecule has 7 rings (SSSR count). The first-order valence-corrected chi connectivity index (χ1v) is 14.6. The molecule has 3 aliphatic rings. The molecule has 0 unspecified atom stereocenters. The first-order chi connectivity index (χ1) is 21.0. The zero-order chi connectivity index (χ0) is 29.5. The number of rotatable bonds is 4. The van der Waals surface area contributed by atoms with E-state index in [2.05, 4.69) is 0 Å². The number of para-hydroxylation sites is 2. The Labute approximate surface area is 250 Å². The van der Waals surface area contributed by atoms with Crippen LogP contribution in [0.25, 0.3) is 12.2 Å². The molecule has 3 heterocycles. The highest BCUT2D eigenvalue weighted by Gasteiger charge is 2.54. The van der Waals surface area contributed by atoms with Gasteiger partial charge in [-0.2, -0.15) is 0 Å². The number of carbonyl (C=O) groups excluding carboxylic acids is 2. The minimum absolute atomic E-state index is 0.156. The smallest absolute Gasteiger partial charge is 0.329 e. The number of nitrogens with zero attached hydrogens (tertiary/aromatic N) is 3. The summed E-state index contributed by atoms with van der Waals surface area (Å²) in [5.74, 6) is -2.01. The Morgan fingerprint density at radius 1 is 0.674 bits per heavy atom. The first-order valence-electron chi connectivity index (χ1n) is 14.6. The summed E-state index contributed by atoms with van der Waals surface area (Å²) < 4.78 is 0. The second-order valence-corrected chi connectivity index (χ2v) is 11.3. The molecule has 7 nitrogen and oxygen atoms in total. The van der Waals surface area contributed by atoms with Gasteiger partial charge < -0.3 is 14.9 Å². The number of fused-ring (bicyclic) bond motifs is 4. The van der Waals surface area contributed by atoms with Crippen molar-refractivity contribution in [3.63, 3.8) is 0 Å². The van der Waals surface area contributed by atoms with Crippen molar-refractivity contribution in [2.75, 3.05) is 11.4 Å². The number of hydrogen-bond acceptors (Lipinski definition) is 3. The second-order valence-electron chi connectivity index (χ2n) is 11.3. The molecule has 214 valence electrons. The maximum absolute atomic E-state index is 14.6. The van der Waals surface area contributed by atoms with Gasteiger partial charge in [-0.15, -0.1) is 0 Å². The Morgan fingerprint density at radius 2 is 1.19 bits per heavy atom. The van der Waals surface area contributed by atoms with E-state index in [0.29, 0.717) is 12.8 Å². The lowest BCUT2D eigenvalue weighted by atomic mass is 9.88. The Morgan fingerprint density at radius 3 is 1.72 bits per heavy atom. The molecule has 0 aromatic heterocycles. The lowest BCUT2D eigenvalue weighted by molar-refractivity contribution is -0.156. The van der Waals surface area contributed by atoms with Crippen LogP contribution in [0.2, 0.25) is 0 Å². The van der Waals surface area contributed by atoms with E-state index in [1.54, 1.807) is 9.80 Å². The van der Waals surface area contributed by atoms with Gasteiger partial charge in [0.15, 0.2) is 0 Å². The van der Waals surface area contributed by atoms with Gasteiger partial charge in [-0.25, -0.2) is 9.59 Å². The standard InChI is InChI=1S/C36H31N3O4/c40-34(32(26-13-3-1-4-14-26)27-15-5-2-6-16-27)37-23-28-21-22-31(33(37)35(41)42)38(28)36(43)39-29-17-9-7-11-24(29)19-20-25-12-8-10-18-30(25)39/h1-20,28,31-33H,21-23H2,(H,41,42)/t28-,31+,33-/m0/s1. The van der Waals surface area contributed by atoms with Crippen LogP contribution in [0.15, 0.2) is 109 Å². The van der Waals surface area contributed by atoms with E-state index < -0.39 is 24.0 Å². The summed E-state index contributed by atoms with van der Waals surface area (Å²) in [7, 11) is 0. The number of urea groups is 1. The van der Waals surface area contributed by atoms with Crippen LogP contribution < -0.4 is 4.90 Å². The number of piperazine rings is 1. The molecule has 1 N–H and O–H groups in total. The highest BCUT2D eigenvalue weighted by atomic mass is 16.4. The maximum atomic E-state index is 14.6. The normalized spacial score (nSPS) is 20.4. The van der Waals surface area contributed by atoms with Crippen LogP contribution in [-0.4, -0.2) is 57.5 Å². The Hall–Kier alpha value is -5.17. The fourth-order valence-corrected chi connectivity index (χ4v) is 7.00. The number of aliphatic carboxylic acids is 1. The van der Waals surface area contributed by atoms with Crippen molar-refractivity contribution < 1.29 is 19.5 Å². The van der Waals surface area contributed by atoms with E-state index in [0.717, 1.165) is 33.6 Å². The van der Waals surface area contributed by atoms with Crippen LogP contribution in [0.3, 0.4) is 0 Å². The van der Waals surface area contributed by atoms with Gasteiger partial charge in [-0.1, -0.05) is 109 Å². The van der Waals surface area contributed by atoms with Gasteiger partial charge in [-0.05, 0) is 47.2 Å². The molecule has 43 heavy (non-hydrogen) atoms. The zero-order valence-electron chi connectivity index (χ0n) is 23.5. The van der Waals surface area contributed by atoms with Gasteiger partial charge in [0.2, 0.25) is 5.91 Å². The Balaban J connectivity index is 1.27. The van der Waals surface area contributed by atoms with Gasteiger partial charge >= 0.3 is 12.0 Å². The van der Waals surface area contributed by atoms with Crippen LogP contribution in [0.5, 0.6) is 0 Å². The Bertz CT molecular complexity index is 1630. The topological polar surface area (TPSA) is 81.2 Å². The monoisotopic (exact) mass is 569 g/mol. The van der Waals surface area contributed by atoms with Crippen LogP contribution in [0.4, 0.5) is 16.2 Å². The van der Waals surface area contributed by atoms with E-state index in [1.807, 2.05) is 121 Å². The highest BCUT2D eigenvalue weighted by molar-refractivity contribution is 6.06. The molecule has 0 aliphatic carbocycles. The fourth-order valence-electron chi connectivity index (χ4n) is 7.00. The number of carboxylic acid groups (broad SMARTS) is 1. The van der Waals surface area contributed by atoms with Gasteiger partial charge in [0.1, 0.15) is 6.04 Å². The molecular formula is C36H31N3O4. The number of hydrogen-bond donors (Lipinski definition) is 1.